The van der Waals surface area contributed by atoms with Gasteiger partial charge in [0.1, 0.15) is 0 Å². The van der Waals surface area contributed by atoms with Gasteiger partial charge in [0.05, 0.1) is 13.2 Å². The van der Waals surface area contributed by atoms with Crippen molar-refractivity contribution in [3.05, 3.63) is 34.9 Å². The highest BCUT2D eigenvalue weighted by molar-refractivity contribution is 6.31. The van der Waals surface area contributed by atoms with Crippen molar-refractivity contribution in [3.63, 3.8) is 0 Å². The molecular formula is C14H19ClN2O2. The number of benzene rings is 1. The molecule has 1 unspecified atom stereocenters. The van der Waals surface area contributed by atoms with Crippen LogP contribution < -0.4 is 5.32 Å². The van der Waals surface area contributed by atoms with Gasteiger partial charge in [0, 0.05) is 24.2 Å². The SMILES string of the molecule is CC(Cc1ccccc1Cl)NC(=O)N1CCOCC1. The molecule has 1 N–H and O–H groups in total. The van der Waals surface area contributed by atoms with Crippen molar-refractivity contribution in [1.29, 1.82) is 0 Å². The van der Waals surface area contributed by atoms with E-state index in [4.69, 9.17) is 16.3 Å². The highest BCUT2D eigenvalue weighted by atomic mass is 35.5. The van der Waals surface area contributed by atoms with Crippen molar-refractivity contribution in [2.24, 2.45) is 0 Å². The van der Waals surface area contributed by atoms with Gasteiger partial charge in [0.25, 0.3) is 0 Å². The van der Waals surface area contributed by atoms with Gasteiger partial charge in [-0.1, -0.05) is 29.8 Å². The number of amides is 2. The van der Waals surface area contributed by atoms with Gasteiger partial charge < -0.3 is 15.0 Å². The lowest BCUT2D eigenvalue weighted by molar-refractivity contribution is 0.0526. The Morgan fingerprint density at radius 2 is 2.11 bits per heavy atom. The van der Waals surface area contributed by atoms with Crippen LogP contribution >= 0.6 is 11.6 Å². The molecule has 1 saturated heterocycles. The normalized spacial score (nSPS) is 17.1. The molecule has 5 heteroatoms. The van der Waals surface area contributed by atoms with Gasteiger partial charge in [-0.05, 0) is 25.0 Å². The second-order valence-corrected chi connectivity index (χ2v) is 5.15. The fraction of sp³-hybridized carbons (Fsp3) is 0.500. The van der Waals surface area contributed by atoms with E-state index in [1.165, 1.54) is 0 Å². The molecule has 1 aromatic carbocycles. The molecule has 19 heavy (non-hydrogen) atoms. The monoisotopic (exact) mass is 282 g/mol. The summed E-state index contributed by atoms with van der Waals surface area (Å²) in [4.78, 5) is 13.8. The fourth-order valence-corrected chi connectivity index (χ4v) is 2.33. The van der Waals surface area contributed by atoms with Gasteiger partial charge in [-0.25, -0.2) is 4.79 Å². The summed E-state index contributed by atoms with van der Waals surface area (Å²) in [6, 6.07) is 7.74. The Balaban J connectivity index is 1.85. The van der Waals surface area contributed by atoms with Gasteiger partial charge in [-0.3, -0.25) is 0 Å². The molecule has 1 fully saturated rings. The summed E-state index contributed by atoms with van der Waals surface area (Å²) >= 11 is 6.11. The van der Waals surface area contributed by atoms with Gasteiger partial charge >= 0.3 is 6.03 Å². The third-order valence-corrected chi connectivity index (χ3v) is 3.52. The van der Waals surface area contributed by atoms with Gasteiger partial charge in [0.15, 0.2) is 0 Å². The Morgan fingerprint density at radius 1 is 1.42 bits per heavy atom. The van der Waals surface area contributed by atoms with Crippen LogP contribution in [0.5, 0.6) is 0 Å². The summed E-state index contributed by atoms with van der Waals surface area (Å²) < 4.78 is 5.23. The smallest absolute Gasteiger partial charge is 0.317 e. The Labute approximate surface area is 118 Å². The average molecular weight is 283 g/mol. The molecule has 0 aliphatic carbocycles. The van der Waals surface area contributed by atoms with E-state index in [0.29, 0.717) is 26.3 Å². The van der Waals surface area contributed by atoms with Gasteiger partial charge in [-0.2, -0.15) is 0 Å². The maximum atomic E-state index is 12.0. The van der Waals surface area contributed by atoms with Crippen LogP contribution in [0.2, 0.25) is 5.02 Å². The molecular weight excluding hydrogens is 264 g/mol. The lowest BCUT2D eigenvalue weighted by Crippen LogP contribution is -2.49. The van der Waals surface area contributed by atoms with Crippen molar-refractivity contribution < 1.29 is 9.53 Å². The molecule has 2 rings (SSSR count). The number of hydrogen-bond acceptors (Lipinski definition) is 2. The van der Waals surface area contributed by atoms with E-state index in [1.807, 2.05) is 31.2 Å². The van der Waals surface area contributed by atoms with Gasteiger partial charge in [-0.15, -0.1) is 0 Å². The van der Waals surface area contributed by atoms with Crippen molar-refractivity contribution in [2.75, 3.05) is 26.3 Å². The third-order valence-electron chi connectivity index (χ3n) is 3.15. The first-order valence-corrected chi connectivity index (χ1v) is 6.91. The number of hydrogen-bond donors (Lipinski definition) is 1. The second-order valence-electron chi connectivity index (χ2n) is 4.75. The summed E-state index contributed by atoms with van der Waals surface area (Å²) in [6.45, 7) is 4.54. The van der Waals surface area contributed by atoms with Crippen LogP contribution in [0.15, 0.2) is 24.3 Å². The van der Waals surface area contributed by atoms with Crippen molar-refractivity contribution in [2.45, 2.75) is 19.4 Å². The van der Waals surface area contributed by atoms with E-state index in [-0.39, 0.29) is 12.1 Å². The molecule has 0 radical (unpaired) electrons. The summed E-state index contributed by atoms with van der Waals surface area (Å²) in [6.07, 6.45) is 0.732. The number of carbonyl (C=O) groups is 1. The summed E-state index contributed by atoms with van der Waals surface area (Å²) in [7, 11) is 0. The van der Waals surface area contributed by atoms with E-state index in [1.54, 1.807) is 4.90 Å². The minimum Gasteiger partial charge on any atom is -0.378 e. The number of halogens is 1. The molecule has 104 valence electrons. The molecule has 1 aromatic rings. The van der Waals surface area contributed by atoms with Crippen LogP contribution in [0.1, 0.15) is 12.5 Å². The summed E-state index contributed by atoms with van der Waals surface area (Å²) in [5.74, 6) is 0. The number of urea groups is 1. The number of morpholine rings is 1. The standard InChI is InChI=1S/C14H19ClN2O2/c1-11(10-12-4-2-3-5-13(12)15)16-14(18)17-6-8-19-9-7-17/h2-5,11H,6-10H2,1H3,(H,16,18). The lowest BCUT2D eigenvalue weighted by atomic mass is 10.1. The van der Waals surface area contributed by atoms with E-state index >= 15 is 0 Å². The second kappa shape index (κ2) is 6.78. The molecule has 0 bridgehead atoms. The van der Waals surface area contributed by atoms with Gasteiger partial charge in [0.2, 0.25) is 0 Å². The van der Waals surface area contributed by atoms with Crippen LogP contribution in [0.25, 0.3) is 0 Å². The topological polar surface area (TPSA) is 41.6 Å². The number of rotatable bonds is 3. The largest absolute Gasteiger partial charge is 0.378 e. The molecule has 1 aliphatic heterocycles. The number of carbonyl (C=O) groups excluding carboxylic acids is 1. The van der Waals surface area contributed by atoms with Crippen LogP contribution in [0, 0.1) is 0 Å². The Bertz CT molecular complexity index is 433. The van der Waals surface area contributed by atoms with E-state index in [2.05, 4.69) is 5.32 Å². The summed E-state index contributed by atoms with van der Waals surface area (Å²) in [5, 5.41) is 3.74. The Hall–Kier alpha value is -1.26. The highest BCUT2D eigenvalue weighted by Crippen LogP contribution is 2.16. The zero-order valence-electron chi connectivity index (χ0n) is 11.1. The molecule has 1 atom stereocenters. The third kappa shape index (κ3) is 4.11. The zero-order chi connectivity index (χ0) is 13.7. The van der Waals surface area contributed by atoms with Crippen LogP contribution in [-0.2, 0) is 11.2 Å². The van der Waals surface area contributed by atoms with E-state index < -0.39 is 0 Å². The summed E-state index contributed by atoms with van der Waals surface area (Å²) in [5.41, 5.74) is 1.05. The van der Waals surface area contributed by atoms with Crippen molar-refractivity contribution in [1.82, 2.24) is 10.2 Å². The van der Waals surface area contributed by atoms with Crippen molar-refractivity contribution >= 4 is 17.6 Å². The van der Waals surface area contributed by atoms with Crippen LogP contribution in [0.4, 0.5) is 4.79 Å². The molecule has 0 saturated carbocycles. The molecule has 0 aromatic heterocycles. The van der Waals surface area contributed by atoms with Crippen LogP contribution in [0.3, 0.4) is 0 Å². The first-order valence-electron chi connectivity index (χ1n) is 6.53. The first-order chi connectivity index (χ1) is 9.16. The fourth-order valence-electron chi connectivity index (χ4n) is 2.11. The Kier molecular flexibility index (Phi) is 5.05. The first kappa shape index (κ1) is 14.2. The maximum absolute atomic E-state index is 12.0. The van der Waals surface area contributed by atoms with Crippen molar-refractivity contribution in [3.8, 4) is 0 Å². The molecule has 1 aliphatic rings. The minimum absolute atomic E-state index is 0.0251. The number of ether oxygens (including phenoxy) is 1. The highest BCUT2D eigenvalue weighted by Gasteiger charge is 2.18. The predicted octanol–water partition coefficient (Wildman–Crippen LogP) is 2.31. The number of nitrogens with one attached hydrogen (secondary N) is 1. The molecule has 0 spiro atoms. The van der Waals surface area contributed by atoms with Crippen LogP contribution in [-0.4, -0.2) is 43.3 Å². The maximum Gasteiger partial charge on any atom is 0.317 e. The lowest BCUT2D eigenvalue weighted by Gasteiger charge is -2.28. The quantitative estimate of drug-likeness (QED) is 0.924. The minimum atomic E-state index is -0.0251. The van der Waals surface area contributed by atoms with E-state index in [9.17, 15) is 4.79 Å². The van der Waals surface area contributed by atoms with E-state index in [0.717, 1.165) is 17.0 Å². The Morgan fingerprint density at radius 3 is 2.79 bits per heavy atom. The molecule has 2 amide bonds. The molecule has 1 heterocycles. The zero-order valence-corrected chi connectivity index (χ0v) is 11.8. The average Bonchev–Trinajstić information content (AvgIpc) is 2.42. The predicted molar refractivity (Wildman–Crippen MR) is 75.5 cm³/mol. The number of nitrogens with zero attached hydrogens (tertiary/aromatic N) is 1. The molecule has 4 nitrogen and oxygen atoms in total.